The summed E-state index contributed by atoms with van der Waals surface area (Å²) >= 11 is 0. The number of benzene rings is 2. The number of nitrogens with two attached hydrogens (primary N) is 1. The van der Waals surface area contributed by atoms with E-state index in [0.717, 1.165) is 28.0 Å². The number of hydrogen-bond donors (Lipinski definition) is 2. The van der Waals surface area contributed by atoms with Crippen molar-refractivity contribution in [2.45, 2.75) is 20.5 Å². The lowest BCUT2D eigenvalue weighted by Gasteiger charge is -2.10. The fourth-order valence-corrected chi connectivity index (χ4v) is 3.27. The second-order valence-corrected chi connectivity index (χ2v) is 7.64. The minimum atomic E-state index is -0.284. The van der Waals surface area contributed by atoms with Gasteiger partial charge in [0.1, 0.15) is 12.4 Å². The van der Waals surface area contributed by atoms with Crippen molar-refractivity contribution in [3.63, 3.8) is 0 Å². The first kappa shape index (κ1) is 23.5. The van der Waals surface area contributed by atoms with Gasteiger partial charge in [0.05, 0.1) is 17.0 Å². The molecule has 33 heavy (non-hydrogen) atoms. The Hall–Kier alpha value is -4.13. The molecule has 0 aliphatic carbocycles. The standard InChI is InChI=1S/C26H26FN5O/c1-17(2)25(30-24-10-9-22(27)13-18(24)3)20-7-5-19(6-8-20)16-33-26-23(15-32(4)31-26)21(14-29)11-12-28/h5-15,28-29H,1,16H2,2-4H3/p+1/b21-11+,28-12?,29-14?,30-25?. The molecule has 3 rings (SSSR count). The molecule has 0 radical (unpaired) electrons. The Morgan fingerprint density at radius 1 is 1.27 bits per heavy atom. The Labute approximate surface area is 192 Å². The van der Waals surface area contributed by atoms with E-state index in [1.807, 2.05) is 38.1 Å². The van der Waals surface area contributed by atoms with Crippen LogP contribution in [0.15, 0.2) is 71.9 Å². The van der Waals surface area contributed by atoms with E-state index in [-0.39, 0.29) is 5.82 Å². The van der Waals surface area contributed by atoms with Gasteiger partial charge < -0.3 is 10.1 Å². The fraction of sp³-hybridized carbons (Fsp3) is 0.154. The summed E-state index contributed by atoms with van der Waals surface area (Å²) in [5, 5.41) is 17.4. The predicted octanol–water partition coefficient (Wildman–Crippen LogP) is 4.01. The summed E-state index contributed by atoms with van der Waals surface area (Å²) in [4.78, 5) is 4.72. The third-order valence-electron chi connectivity index (χ3n) is 4.94. The van der Waals surface area contributed by atoms with Crippen LogP contribution in [0.3, 0.4) is 0 Å². The van der Waals surface area contributed by atoms with Gasteiger partial charge in [-0.3, -0.25) is 10.1 Å². The molecule has 6 nitrogen and oxygen atoms in total. The summed E-state index contributed by atoms with van der Waals surface area (Å²) in [6.45, 7) is 8.08. The highest BCUT2D eigenvalue weighted by atomic mass is 19.1. The van der Waals surface area contributed by atoms with Gasteiger partial charge in [0.2, 0.25) is 5.88 Å². The Morgan fingerprint density at radius 2 is 2.00 bits per heavy atom. The molecule has 0 unspecified atom stereocenters. The van der Waals surface area contributed by atoms with Gasteiger partial charge in [-0.1, -0.05) is 30.8 Å². The molecule has 0 aliphatic heterocycles. The molecular formula is C26H27FN5O+. The average Bonchev–Trinajstić information content (AvgIpc) is 3.16. The highest BCUT2D eigenvalue weighted by Crippen LogP contribution is 2.25. The van der Waals surface area contributed by atoms with Crippen LogP contribution < -0.4 is 10.1 Å². The van der Waals surface area contributed by atoms with Gasteiger partial charge in [-0.2, -0.15) is 0 Å². The van der Waals surface area contributed by atoms with Crippen LogP contribution in [0.1, 0.15) is 29.2 Å². The third-order valence-corrected chi connectivity index (χ3v) is 4.94. The van der Waals surface area contributed by atoms with Crippen LogP contribution in [0, 0.1) is 18.2 Å². The van der Waals surface area contributed by atoms with Crippen LogP contribution in [-0.4, -0.2) is 27.9 Å². The molecular weight excluding hydrogens is 417 g/mol. The molecule has 3 aromatic rings. The number of allylic oxidation sites excluding steroid dienone is 3. The average molecular weight is 445 g/mol. The van der Waals surface area contributed by atoms with E-state index in [2.05, 4.69) is 11.7 Å². The van der Waals surface area contributed by atoms with Crippen molar-refractivity contribution in [1.82, 2.24) is 9.78 Å². The summed E-state index contributed by atoms with van der Waals surface area (Å²) in [5.74, 6) is 0.141. The summed E-state index contributed by atoms with van der Waals surface area (Å²) in [6, 6.07) is 12.3. The number of hydrogen-bond acceptors (Lipinski definition) is 4. The van der Waals surface area contributed by atoms with Crippen molar-refractivity contribution in [2.24, 2.45) is 12.0 Å². The van der Waals surface area contributed by atoms with E-state index in [1.54, 1.807) is 30.1 Å². The van der Waals surface area contributed by atoms with Gasteiger partial charge in [0.15, 0.2) is 6.21 Å². The first-order valence-corrected chi connectivity index (χ1v) is 10.3. The highest BCUT2D eigenvalue weighted by Gasteiger charge is 2.13. The number of rotatable bonds is 9. The number of halogens is 1. The number of aliphatic imine (C=N–C) groups is 1. The third kappa shape index (κ3) is 5.77. The molecule has 1 aromatic heterocycles. The Balaban J connectivity index is 1.81. The molecule has 0 saturated carbocycles. The quantitative estimate of drug-likeness (QED) is 0.489. The summed E-state index contributed by atoms with van der Waals surface area (Å²) in [5.41, 5.74) is 6.16. The maximum absolute atomic E-state index is 13.4. The summed E-state index contributed by atoms with van der Waals surface area (Å²) in [7, 11) is 1.79. The lowest BCUT2D eigenvalue weighted by atomic mass is 10.0. The van der Waals surface area contributed by atoms with E-state index in [1.165, 1.54) is 24.6 Å². The van der Waals surface area contributed by atoms with E-state index in [0.29, 0.717) is 29.3 Å². The maximum atomic E-state index is 13.4. The SMILES string of the molecule is C=C(C)C(=Nc1ccc(F)cc1C)c1ccc(COc2nn(C)cc2/C(C=N)=C/C=[NH2+])cc1. The zero-order valence-electron chi connectivity index (χ0n) is 19.0. The summed E-state index contributed by atoms with van der Waals surface area (Å²) in [6.07, 6.45) is 6.01. The van der Waals surface area contributed by atoms with Crippen molar-refractivity contribution in [1.29, 1.82) is 5.41 Å². The number of nitrogens with zero attached hydrogens (tertiary/aromatic N) is 3. The molecule has 3 N–H and O–H groups in total. The van der Waals surface area contributed by atoms with Crippen molar-refractivity contribution in [2.75, 3.05) is 0 Å². The van der Waals surface area contributed by atoms with E-state index in [4.69, 9.17) is 20.5 Å². The largest absolute Gasteiger partial charge is 0.471 e. The molecule has 0 atom stereocenters. The first-order chi connectivity index (χ1) is 15.8. The van der Waals surface area contributed by atoms with E-state index >= 15 is 0 Å². The number of aromatic nitrogens is 2. The lowest BCUT2D eigenvalue weighted by Crippen LogP contribution is -2.28. The van der Waals surface area contributed by atoms with Gasteiger partial charge in [-0.05, 0) is 48.7 Å². The second-order valence-electron chi connectivity index (χ2n) is 7.64. The van der Waals surface area contributed by atoms with Crippen molar-refractivity contribution >= 4 is 29.4 Å². The Morgan fingerprint density at radius 3 is 2.61 bits per heavy atom. The molecule has 168 valence electrons. The zero-order chi connectivity index (χ0) is 24.0. The van der Waals surface area contributed by atoms with E-state index in [9.17, 15) is 4.39 Å². The van der Waals surface area contributed by atoms with Gasteiger partial charge in [0.25, 0.3) is 0 Å². The normalized spacial score (nSPS) is 11.9. The molecule has 0 saturated heterocycles. The minimum Gasteiger partial charge on any atom is -0.471 e. The monoisotopic (exact) mass is 444 g/mol. The van der Waals surface area contributed by atoms with Crippen LogP contribution in [0.2, 0.25) is 0 Å². The minimum absolute atomic E-state index is 0.284. The first-order valence-electron chi connectivity index (χ1n) is 10.3. The van der Waals surface area contributed by atoms with Crippen LogP contribution in [0.25, 0.3) is 5.57 Å². The van der Waals surface area contributed by atoms with Gasteiger partial charge in [-0.15, -0.1) is 5.10 Å². The van der Waals surface area contributed by atoms with Gasteiger partial charge in [-0.25, -0.2) is 9.38 Å². The number of aryl methyl sites for hydroxylation is 2. The fourth-order valence-electron chi connectivity index (χ4n) is 3.27. The molecule has 0 spiro atoms. The molecule has 7 heteroatoms. The maximum Gasteiger partial charge on any atom is 0.241 e. The number of ether oxygens (including phenoxy) is 1. The lowest BCUT2D eigenvalue weighted by molar-refractivity contribution is -0.104. The molecule has 2 aromatic carbocycles. The van der Waals surface area contributed by atoms with Crippen LogP contribution in [0.4, 0.5) is 10.1 Å². The smallest absolute Gasteiger partial charge is 0.241 e. The van der Waals surface area contributed by atoms with E-state index < -0.39 is 0 Å². The zero-order valence-corrected chi connectivity index (χ0v) is 19.0. The molecule has 1 heterocycles. The van der Waals surface area contributed by atoms with Crippen LogP contribution in [-0.2, 0) is 13.7 Å². The van der Waals surface area contributed by atoms with Crippen molar-refractivity contribution in [3.05, 3.63) is 95.0 Å². The molecule has 0 fully saturated rings. The highest BCUT2D eigenvalue weighted by molar-refractivity contribution is 6.13. The summed E-state index contributed by atoms with van der Waals surface area (Å²) < 4.78 is 21.0. The van der Waals surface area contributed by atoms with Gasteiger partial charge in [0, 0.05) is 36.7 Å². The number of nitrogens with one attached hydrogen (secondary N) is 1. The Bertz CT molecular complexity index is 1250. The van der Waals surface area contributed by atoms with Crippen molar-refractivity contribution in [3.8, 4) is 5.88 Å². The molecule has 0 aliphatic rings. The second kappa shape index (κ2) is 10.5. The van der Waals surface area contributed by atoms with Gasteiger partial charge >= 0.3 is 0 Å². The molecule has 0 bridgehead atoms. The molecule has 0 amide bonds. The Kier molecular flexibility index (Phi) is 7.46. The van der Waals surface area contributed by atoms with Crippen molar-refractivity contribution < 1.29 is 14.5 Å². The van der Waals surface area contributed by atoms with Crippen LogP contribution in [0.5, 0.6) is 5.88 Å². The topological polar surface area (TPSA) is 88.9 Å². The van der Waals surface area contributed by atoms with Crippen LogP contribution >= 0.6 is 0 Å². The predicted molar refractivity (Wildman–Crippen MR) is 131 cm³/mol.